The van der Waals surface area contributed by atoms with Gasteiger partial charge in [-0.1, -0.05) is 0 Å². The first-order valence-electron chi connectivity index (χ1n) is 3.83. The van der Waals surface area contributed by atoms with Crippen molar-refractivity contribution in [3.8, 4) is 0 Å². The van der Waals surface area contributed by atoms with Gasteiger partial charge in [-0.25, -0.2) is 4.79 Å². The lowest BCUT2D eigenvalue weighted by molar-refractivity contribution is -0.139. The summed E-state index contributed by atoms with van der Waals surface area (Å²) in [6, 6.07) is 0. The summed E-state index contributed by atoms with van der Waals surface area (Å²) in [5.41, 5.74) is -0.142. The molecule has 2 N–H and O–H groups in total. The third-order valence-electron chi connectivity index (χ3n) is 1.93. The Balaban J connectivity index is 3.01. The molecule has 0 radical (unpaired) electrons. The summed E-state index contributed by atoms with van der Waals surface area (Å²) < 4.78 is 4.36. The first-order chi connectivity index (χ1) is 6.49. The van der Waals surface area contributed by atoms with Crippen molar-refractivity contribution in [1.29, 1.82) is 0 Å². The highest BCUT2D eigenvalue weighted by Crippen LogP contribution is 2.23. The highest BCUT2D eigenvalue weighted by Gasteiger charge is 2.39. The van der Waals surface area contributed by atoms with Crippen molar-refractivity contribution < 1.29 is 24.5 Å². The highest BCUT2D eigenvalue weighted by atomic mass is 35.5. The van der Waals surface area contributed by atoms with Gasteiger partial charge in [0, 0.05) is 0 Å². The average Bonchev–Trinajstić information content (AvgIpc) is 2.19. The van der Waals surface area contributed by atoms with Crippen LogP contribution in [0.1, 0.15) is 0 Å². The molecule has 78 valence electrons. The van der Waals surface area contributed by atoms with Crippen LogP contribution in [0.15, 0.2) is 11.6 Å². The molecule has 0 fully saturated rings. The molecule has 1 aliphatic carbocycles. The molecule has 1 aliphatic rings. The Hall–Kier alpha value is -0.910. The van der Waals surface area contributed by atoms with Gasteiger partial charge in [0.15, 0.2) is 5.78 Å². The largest absolute Gasteiger partial charge is 0.466 e. The molecule has 0 aromatic carbocycles. The number of ether oxygens (including phenoxy) is 1. The summed E-state index contributed by atoms with van der Waals surface area (Å²) in [5.74, 6) is -1.54. The minimum Gasteiger partial charge on any atom is -0.466 e. The molecule has 0 bridgehead atoms. The van der Waals surface area contributed by atoms with E-state index in [2.05, 4.69) is 4.74 Å². The maximum absolute atomic E-state index is 11.1. The monoisotopic (exact) mass is 220 g/mol. The molecule has 0 unspecified atom stereocenters. The lowest BCUT2D eigenvalue weighted by Gasteiger charge is -2.25. The van der Waals surface area contributed by atoms with Crippen LogP contribution in [0.3, 0.4) is 0 Å². The lowest BCUT2D eigenvalue weighted by atomic mass is 9.93. The maximum Gasteiger partial charge on any atom is 0.335 e. The number of aliphatic hydroxyl groups excluding tert-OH is 2. The van der Waals surface area contributed by atoms with Gasteiger partial charge in [-0.05, 0) is 6.08 Å². The van der Waals surface area contributed by atoms with E-state index in [9.17, 15) is 14.7 Å². The van der Waals surface area contributed by atoms with Gasteiger partial charge in [-0.2, -0.15) is 0 Å². The van der Waals surface area contributed by atoms with Crippen LogP contribution in [-0.4, -0.2) is 46.7 Å². The van der Waals surface area contributed by atoms with Crippen LogP contribution in [-0.2, 0) is 14.3 Å². The molecule has 0 heterocycles. The number of aliphatic hydroxyl groups is 2. The van der Waals surface area contributed by atoms with Crippen molar-refractivity contribution in [2.75, 3.05) is 7.11 Å². The van der Waals surface area contributed by atoms with E-state index in [4.69, 9.17) is 16.7 Å². The molecule has 6 heteroatoms. The second-order valence-corrected chi connectivity index (χ2v) is 3.30. The number of alkyl halides is 1. The van der Waals surface area contributed by atoms with E-state index in [0.29, 0.717) is 0 Å². The van der Waals surface area contributed by atoms with Crippen LogP contribution < -0.4 is 0 Å². The van der Waals surface area contributed by atoms with E-state index in [1.165, 1.54) is 0 Å². The van der Waals surface area contributed by atoms with E-state index in [1.54, 1.807) is 0 Å². The molecule has 0 aromatic rings. The quantitative estimate of drug-likeness (QED) is 0.437. The minimum absolute atomic E-state index is 0.142. The van der Waals surface area contributed by atoms with Gasteiger partial charge in [0.25, 0.3) is 0 Å². The Morgan fingerprint density at radius 2 is 2.14 bits per heavy atom. The van der Waals surface area contributed by atoms with Crippen LogP contribution in [0.25, 0.3) is 0 Å². The summed E-state index contributed by atoms with van der Waals surface area (Å²) >= 11 is 5.64. The first-order valence-corrected chi connectivity index (χ1v) is 4.26. The molecule has 5 nitrogen and oxygen atoms in total. The fourth-order valence-corrected chi connectivity index (χ4v) is 1.41. The van der Waals surface area contributed by atoms with E-state index in [0.717, 1.165) is 13.2 Å². The second-order valence-electron chi connectivity index (χ2n) is 2.83. The average molecular weight is 221 g/mol. The van der Waals surface area contributed by atoms with Gasteiger partial charge in [0.05, 0.1) is 18.1 Å². The fraction of sp³-hybridized carbons (Fsp3) is 0.500. The molecule has 0 aliphatic heterocycles. The third-order valence-corrected chi connectivity index (χ3v) is 2.42. The molecular formula is C8H9ClO5. The van der Waals surface area contributed by atoms with Gasteiger partial charge in [-0.3, -0.25) is 4.79 Å². The summed E-state index contributed by atoms with van der Waals surface area (Å²) in [7, 11) is 1.13. The summed E-state index contributed by atoms with van der Waals surface area (Å²) in [6.45, 7) is 0. The number of carbonyl (C=O) groups excluding carboxylic acids is 2. The summed E-state index contributed by atoms with van der Waals surface area (Å²) in [6.07, 6.45) is -2.17. The molecular weight excluding hydrogens is 212 g/mol. The predicted molar refractivity (Wildman–Crippen MR) is 46.8 cm³/mol. The SMILES string of the molecule is COC(=O)C1=CC(=O)[C@H](O)[C@H](O)[C@@H]1Cl. The fourth-order valence-electron chi connectivity index (χ4n) is 1.12. The number of ketones is 1. The molecule has 0 amide bonds. The zero-order valence-corrected chi connectivity index (χ0v) is 8.06. The highest BCUT2D eigenvalue weighted by molar-refractivity contribution is 6.27. The minimum atomic E-state index is -1.58. The number of rotatable bonds is 1. The normalized spacial score (nSPS) is 32.4. The zero-order chi connectivity index (χ0) is 10.9. The smallest absolute Gasteiger partial charge is 0.335 e. The molecule has 1 rings (SSSR count). The third kappa shape index (κ3) is 1.79. The predicted octanol–water partition coefficient (Wildman–Crippen LogP) is -1.00. The van der Waals surface area contributed by atoms with Crippen LogP contribution >= 0.6 is 11.6 Å². The number of halogens is 1. The Bertz CT molecular complexity index is 298. The summed E-state index contributed by atoms with van der Waals surface area (Å²) in [4.78, 5) is 22.1. The first kappa shape index (κ1) is 11.2. The zero-order valence-electron chi connectivity index (χ0n) is 7.31. The molecule has 0 spiro atoms. The van der Waals surface area contributed by atoms with Crippen molar-refractivity contribution in [3.63, 3.8) is 0 Å². The Morgan fingerprint density at radius 3 is 2.64 bits per heavy atom. The van der Waals surface area contributed by atoms with Gasteiger partial charge < -0.3 is 14.9 Å². The van der Waals surface area contributed by atoms with Crippen molar-refractivity contribution in [3.05, 3.63) is 11.6 Å². The Labute approximate surface area is 84.9 Å². The van der Waals surface area contributed by atoms with Crippen molar-refractivity contribution in [1.82, 2.24) is 0 Å². The van der Waals surface area contributed by atoms with Crippen LogP contribution in [0, 0.1) is 0 Å². The number of carbonyl (C=O) groups is 2. The van der Waals surface area contributed by atoms with Crippen molar-refractivity contribution in [2.45, 2.75) is 17.6 Å². The second kappa shape index (κ2) is 4.08. The number of esters is 1. The van der Waals surface area contributed by atoms with Gasteiger partial charge in [0.1, 0.15) is 12.2 Å². The van der Waals surface area contributed by atoms with Crippen LogP contribution in [0.5, 0.6) is 0 Å². The van der Waals surface area contributed by atoms with Crippen molar-refractivity contribution in [2.24, 2.45) is 0 Å². The van der Waals surface area contributed by atoms with E-state index in [1.807, 2.05) is 0 Å². The lowest BCUT2D eigenvalue weighted by Crippen LogP contribution is -2.45. The molecule has 0 saturated heterocycles. The van der Waals surface area contributed by atoms with E-state index < -0.39 is 29.3 Å². The number of hydrogen-bond acceptors (Lipinski definition) is 5. The Kier molecular flexibility index (Phi) is 3.25. The molecule has 0 aromatic heterocycles. The molecule has 3 atom stereocenters. The van der Waals surface area contributed by atoms with Gasteiger partial charge >= 0.3 is 5.97 Å². The molecule has 14 heavy (non-hydrogen) atoms. The number of hydrogen-bond donors (Lipinski definition) is 2. The van der Waals surface area contributed by atoms with Crippen LogP contribution in [0.2, 0.25) is 0 Å². The van der Waals surface area contributed by atoms with Crippen molar-refractivity contribution >= 4 is 23.4 Å². The molecule has 0 saturated carbocycles. The van der Waals surface area contributed by atoms with E-state index in [-0.39, 0.29) is 5.57 Å². The number of methoxy groups -OCH3 is 1. The topological polar surface area (TPSA) is 83.8 Å². The van der Waals surface area contributed by atoms with Crippen LogP contribution in [0.4, 0.5) is 0 Å². The summed E-state index contributed by atoms with van der Waals surface area (Å²) in [5, 5.41) is 17.3. The van der Waals surface area contributed by atoms with Gasteiger partial charge in [0.2, 0.25) is 0 Å². The van der Waals surface area contributed by atoms with Gasteiger partial charge in [-0.15, -0.1) is 11.6 Å². The Morgan fingerprint density at radius 1 is 1.57 bits per heavy atom. The standard InChI is InChI=1S/C8H9ClO5/c1-14-8(13)3-2-4(10)6(11)7(12)5(3)9/h2,5-7,11-12H,1H3/t5-,6+,7-/m1/s1. The van der Waals surface area contributed by atoms with E-state index >= 15 is 0 Å². The maximum atomic E-state index is 11.1.